The smallest absolute Gasteiger partial charge is 0.397 e. The Hall–Kier alpha value is -3.22. The molecule has 7 heteroatoms. The number of aromatic hydroxyl groups is 1. The van der Waals surface area contributed by atoms with Crippen molar-refractivity contribution in [2.45, 2.75) is 85.0 Å². The summed E-state index contributed by atoms with van der Waals surface area (Å²) in [7, 11) is 0. The molecule has 37 heavy (non-hydrogen) atoms. The number of carbonyl (C=O) groups excluding carboxylic acids is 2. The highest BCUT2D eigenvalue weighted by molar-refractivity contribution is 6.37. The van der Waals surface area contributed by atoms with Gasteiger partial charge < -0.3 is 24.6 Å². The van der Waals surface area contributed by atoms with Crippen LogP contribution in [0, 0.1) is 12.8 Å². The van der Waals surface area contributed by atoms with E-state index in [1.807, 2.05) is 19.9 Å². The molecule has 2 aliphatic rings. The lowest BCUT2D eigenvalue weighted by molar-refractivity contribution is -0.152. The highest BCUT2D eigenvalue weighted by atomic mass is 16.5. The van der Waals surface area contributed by atoms with E-state index in [1.165, 1.54) is 32.1 Å². The molecule has 1 amide bonds. The molecular weight excluding hydrogens is 470 g/mol. The van der Waals surface area contributed by atoms with Crippen LogP contribution in [0.3, 0.4) is 0 Å². The number of hydrogen-bond donors (Lipinski definition) is 2. The first kappa shape index (κ1) is 26.8. The van der Waals surface area contributed by atoms with Crippen molar-refractivity contribution in [2.24, 2.45) is 5.92 Å². The number of rotatable bonds is 9. The van der Waals surface area contributed by atoms with Crippen molar-refractivity contribution in [3.63, 3.8) is 0 Å². The van der Waals surface area contributed by atoms with Crippen LogP contribution in [0.1, 0.15) is 81.0 Å². The van der Waals surface area contributed by atoms with Crippen molar-refractivity contribution < 1.29 is 28.9 Å². The quantitative estimate of drug-likeness (QED) is 0.300. The Balaban J connectivity index is 1.59. The third-order valence-electron chi connectivity index (χ3n) is 7.51. The highest BCUT2D eigenvalue weighted by Gasteiger charge is 2.26. The van der Waals surface area contributed by atoms with Gasteiger partial charge in [-0.25, -0.2) is 4.79 Å². The summed E-state index contributed by atoms with van der Waals surface area (Å²) >= 11 is 0. The summed E-state index contributed by atoms with van der Waals surface area (Å²) in [5.41, 5.74) is 4.22. The Morgan fingerprint density at radius 2 is 1.78 bits per heavy atom. The van der Waals surface area contributed by atoms with Crippen molar-refractivity contribution in [1.29, 1.82) is 0 Å². The van der Waals surface area contributed by atoms with Crippen LogP contribution in [0.5, 0.6) is 23.0 Å². The number of benzene rings is 2. The summed E-state index contributed by atoms with van der Waals surface area (Å²) in [6.07, 6.45) is 10.6. The number of carbonyl (C=O) groups is 2. The molecule has 7 nitrogen and oxygen atoms in total. The minimum Gasteiger partial charge on any atom is -0.508 e. The van der Waals surface area contributed by atoms with E-state index in [-0.39, 0.29) is 12.4 Å². The van der Waals surface area contributed by atoms with Gasteiger partial charge in [0.05, 0.1) is 13.2 Å². The second-order valence-corrected chi connectivity index (χ2v) is 10.0. The first-order chi connectivity index (χ1) is 17.9. The number of phenols is 1. The highest BCUT2D eigenvalue weighted by Crippen LogP contribution is 2.45. The van der Waals surface area contributed by atoms with Crippen molar-refractivity contribution in [1.82, 2.24) is 0 Å². The summed E-state index contributed by atoms with van der Waals surface area (Å²) in [6, 6.07) is 5.27. The average molecular weight is 510 g/mol. The maximum absolute atomic E-state index is 12.3. The SMILES string of the molecule is CCOC(=O)C(=O)Nc1cc(C)c(Oc2ccc(O)c(CC)c2OCCC2CCCCC2)c2c1CCC2. The predicted octanol–water partition coefficient (Wildman–Crippen LogP) is 6.39. The molecular formula is C30H39NO6. The van der Waals surface area contributed by atoms with E-state index in [9.17, 15) is 14.7 Å². The lowest BCUT2D eigenvalue weighted by atomic mass is 9.87. The van der Waals surface area contributed by atoms with E-state index in [0.717, 1.165) is 53.7 Å². The Labute approximate surface area is 219 Å². The van der Waals surface area contributed by atoms with E-state index in [4.69, 9.17) is 14.2 Å². The molecule has 0 bridgehead atoms. The Morgan fingerprint density at radius 1 is 1.03 bits per heavy atom. The molecule has 0 aliphatic heterocycles. The fraction of sp³-hybridized carbons (Fsp3) is 0.533. The molecule has 0 heterocycles. The van der Waals surface area contributed by atoms with E-state index < -0.39 is 11.9 Å². The largest absolute Gasteiger partial charge is 0.508 e. The number of phenolic OH excluding ortho intramolecular Hbond substituents is 1. The maximum Gasteiger partial charge on any atom is 0.397 e. The number of nitrogens with one attached hydrogen (secondary N) is 1. The van der Waals surface area contributed by atoms with Gasteiger partial charge in [-0.1, -0.05) is 39.0 Å². The minimum atomic E-state index is -0.890. The molecule has 0 aromatic heterocycles. The standard InChI is InChI=1S/C30H39NO6/c1-4-21-25(32)14-15-26(28(21)36-17-16-20-10-7-6-8-11-20)37-27-19(3)18-24(22-12-9-13-23(22)27)31-29(33)30(34)35-5-2/h14-15,18,20,32H,4-13,16-17H2,1-3H3,(H,31,33). The van der Waals surface area contributed by atoms with E-state index in [0.29, 0.717) is 36.1 Å². The number of hydrogen-bond acceptors (Lipinski definition) is 6. The molecule has 1 fully saturated rings. The summed E-state index contributed by atoms with van der Waals surface area (Å²) in [5.74, 6) is 1.17. The third kappa shape index (κ3) is 6.20. The van der Waals surface area contributed by atoms with Crippen molar-refractivity contribution >= 4 is 17.6 Å². The lowest BCUT2D eigenvalue weighted by Gasteiger charge is -2.23. The topological polar surface area (TPSA) is 94.1 Å². The van der Waals surface area contributed by atoms with E-state index >= 15 is 0 Å². The summed E-state index contributed by atoms with van der Waals surface area (Å²) < 4.78 is 17.7. The first-order valence-corrected chi connectivity index (χ1v) is 13.7. The van der Waals surface area contributed by atoms with Gasteiger partial charge in [-0.3, -0.25) is 4.79 Å². The van der Waals surface area contributed by atoms with Crippen molar-refractivity contribution in [3.8, 4) is 23.0 Å². The van der Waals surface area contributed by atoms with Crippen LogP contribution >= 0.6 is 0 Å². The monoisotopic (exact) mass is 509 g/mol. The molecule has 200 valence electrons. The Morgan fingerprint density at radius 3 is 2.51 bits per heavy atom. The van der Waals surface area contributed by atoms with Gasteiger partial charge in [0.2, 0.25) is 0 Å². The molecule has 0 unspecified atom stereocenters. The molecule has 1 saturated carbocycles. The maximum atomic E-state index is 12.3. The van der Waals surface area contributed by atoms with Gasteiger partial charge in [0.1, 0.15) is 11.5 Å². The molecule has 2 aliphatic carbocycles. The molecule has 0 saturated heterocycles. The fourth-order valence-electron chi connectivity index (χ4n) is 5.61. The normalized spacial score (nSPS) is 15.2. The zero-order chi connectivity index (χ0) is 26.4. The van der Waals surface area contributed by atoms with Crippen LogP contribution in [-0.2, 0) is 33.6 Å². The first-order valence-electron chi connectivity index (χ1n) is 13.7. The lowest BCUT2D eigenvalue weighted by Crippen LogP contribution is -2.25. The number of esters is 1. The number of ether oxygens (including phenoxy) is 3. The van der Waals surface area contributed by atoms with Crippen LogP contribution in [0.4, 0.5) is 5.69 Å². The zero-order valence-electron chi connectivity index (χ0n) is 22.3. The predicted molar refractivity (Wildman–Crippen MR) is 143 cm³/mol. The summed E-state index contributed by atoms with van der Waals surface area (Å²) in [5, 5.41) is 13.3. The van der Waals surface area contributed by atoms with Crippen LogP contribution < -0.4 is 14.8 Å². The van der Waals surface area contributed by atoms with Crippen LogP contribution in [0.2, 0.25) is 0 Å². The fourth-order valence-corrected chi connectivity index (χ4v) is 5.61. The third-order valence-corrected chi connectivity index (χ3v) is 7.51. The minimum absolute atomic E-state index is 0.146. The molecule has 2 aromatic rings. The van der Waals surface area contributed by atoms with E-state index in [2.05, 4.69) is 5.32 Å². The summed E-state index contributed by atoms with van der Waals surface area (Å²) in [4.78, 5) is 24.2. The van der Waals surface area contributed by atoms with Crippen LogP contribution in [0.15, 0.2) is 18.2 Å². The van der Waals surface area contributed by atoms with E-state index in [1.54, 1.807) is 19.1 Å². The van der Waals surface area contributed by atoms with Gasteiger partial charge in [0, 0.05) is 16.8 Å². The second-order valence-electron chi connectivity index (χ2n) is 10.0. The van der Waals surface area contributed by atoms with Crippen LogP contribution in [0.25, 0.3) is 0 Å². The van der Waals surface area contributed by atoms with Gasteiger partial charge in [-0.15, -0.1) is 0 Å². The molecule has 2 N–H and O–H groups in total. The molecule has 4 rings (SSSR count). The molecule has 0 radical (unpaired) electrons. The van der Waals surface area contributed by atoms with Gasteiger partial charge in [0.15, 0.2) is 11.5 Å². The molecule has 2 aromatic carbocycles. The van der Waals surface area contributed by atoms with Crippen LogP contribution in [-0.4, -0.2) is 30.2 Å². The molecule has 0 spiro atoms. The average Bonchev–Trinajstić information content (AvgIpc) is 3.38. The van der Waals surface area contributed by atoms with Crippen molar-refractivity contribution in [3.05, 3.63) is 40.5 Å². The van der Waals surface area contributed by atoms with Gasteiger partial charge >= 0.3 is 11.9 Å². The number of anilines is 1. The van der Waals surface area contributed by atoms with Gasteiger partial charge in [-0.05, 0) is 81.2 Å². The number of aryl methyl sites for hydroxylation is 1. The van der Waals surface area contributed by atoms with Gasteiger partial charge in [-0.2, -0.15) is 0 Å². The molecule has 0 atom stereocenters. The Bertz CT molecular complexity index is 1140. The number of fused-ring (bicyclic) bond motifs is 1. The second kappa shape index (κ2) is 12.3. The number of amides is 1. The Kier molecular flexibility index (Phi) is 8.95. The van der Waals surface area contributed by atoms with Gasteiger partial charge in [0.25, 0.3) is 0 Å². The summed E-state index contributed by atoms with van der Waals surface area (Å²) in [6.45, 7) is 6.33. The van der Waals surface area contributed by atoms with Crippen molar-refractivity contribution in [2.75, 3.05) is 18.5 Å². The zero-order valence-corrected chi connectivity index (χ0v) is 22.3.